The number of carboxylic acid groups (broad SMARTS) is 1. The summed E-state index contributed by atoms with van der Waals surface area (Å²) in [6.45, 7) is 6.44. The van der Waals surface area contributed by atoms with E-state index in [9.17, 15) is 27.5 Å². The van der Waals surface area contributed by atoms with Crippen molar-refractivity contribution in [3.63, 3.8) is 0 Å². The molecular weight excluding hydrogens is 324 g/mol. The summed E-state index contributed by atoms with van der Waals surface area (Å²) in [7, 11) is 0. The van der Waals surface area contributed by atoms with Gasteiger partial charge in [-0.1, -0.05) is 27.7 Å². The van der Waals surface area contributed by atoms with Crippen LogP contribution in [0.4, 0.5) is 17.6 Å². The van der Waals surface area contributed by atoms with E-state index in [1.807, 2.05) is 5.92 Å². The van der Waals surface area contributed by atoms with Crippen LogP contribution in [-0.4, -0.2) is 5.97 Å². The fourth-order valence-electron chi connectivity index (χ4n) is 3.85. The predicted octanol–water partition coefficient (Wildman–Crippen LogP) is 2.76. The Labute approximate surface area is 137 Å². The molecule has 0 radical (unpaired) electrons. The van der Waals surface area contributed by atoms with E-state index in [-0.39, 0.29) is 0 Å². The van der Waals surface area contributed by atoms with Crippen LogP contribution in [-0.2, 0) is 17.6 Å². The minimum atomic E-state index is -1.64. The van der Waals surface area contributed by atoms with Gasteiger partial charge in [-0.05, 0) is 17.3 Å². The van der Waals surface area contributed by atoms with Gasteiger partial charge in [0.05, 0.1) is 0 Å². The zero-order valence-electron chi connectivity index (χ0n) is 13.8. The van der Waals surface area contributed by atoms with Gasteiger partial charge in [-0.15, -0.1) is 12.3 Å². The molecule has 1 fully saturated rings. The second kappa shape index (κ2) is 5.23. The van der Waals surface area contributed by atoms with Crippen molar-refractivity contribution in [2.75, 3.05) is 0 Å². The Morgan fingerprint density at radius 3 is 1.62 bits per heavy atom. The standard InChI is InChI=1S/C18H18F4O2/c1-6-7-9-11(19)13(21)10(14(22)12(9)20)8-18(15(23)24)16(2,3)17(18,4)5/h1H,7-8H2,2-5H3,(H,23,24)/p-1. The zero-order chi connectivity index (χ0) is 18.7. The van der Waals surface area contributed by atoms with Crippen molar-refractivity contribution in [1.82, 2.24) is 0 Å². The molecule has 0 aromatic heterocycles. The first-order valence-electron chi connectivity index (χ1n) is 7.37. The number of halogens is 4. The lowest BCUT2D eigenvalue weighted by molar-refractivity contribution is -0.316. The van der Waals surface area contributed by atoms with E-state index in [4.69, 9.17) is 6.42 Å². The third kappa shape index (κ3) is 1.93. The van der Waals surface area contributed by atoms with Gasteiger partial charge in [-0.2, -0.15) is 0 Å². The monoisotopic (exact) mass is 341 g/mol. The maximum absolute atomic E-state index is 14.3. The molecule has 0 amide bonds. The molecule has 0 spiro atoms. The summed E-state index contributed by atoms with van der Waals surface area (Å²) in [6, 6.07) is 0. The first-order valence-corrected chi connectivity index (χ1v) is 7.37. The van der Waals surface area contributed by atoms with Gasteiger partial charge in [-0.3, -0.25) is 0 Å². The third-order valence-electron chi connectivity index (χ3n) is 6.15. The molecule has 0 bridgehead atoms. The lowest BCUT2D eigenvalue weighted by atomic mass is 9.86. The molecule has 0 saturated heterocycles. The van der Waals surface area contributed by atoms with Crippen molar-refractivity contribution >= 4 is 5.97 Å². The molecule has 0 atom stereocenters. The Morgan fingerprint density at radius 2 is 1.33 bits per heavy atom. The average molecular weight is 341 g/mol. The maximum atomic E-state index is 14.3. The Morgan fingerprint density at radius 1 is 0.958 bits per heavy atom. The molecule has 1 aliphatic rings. The minimum Gasteiger partial charge on any atom is -0.549 e. The molecule has 0 heterocycles. The highest BCUT2D eigenvalue weighted by Crippen LogP contribution is 2.78. The molecule has 0 N–H and O–H groups in total. The molecule has 0 unspecified atom stereocenters. The zero-order valence-corrected chi connectivity index (χ0v) is 13.8. The van der Waals surface area contributed by atoms with E-state index < -0.39 is 69.5 Å². The first kappa shape index (κ1) is 18.3. The van der Waals surface area contributed by atoms with E-state index in [0.717, 1.165) is 0 Å². The summed E-state index contributed by atoms with van der Waals surface area (Å²) in [6.07, 6.45) is 3.62. The lowest BCUT2D eigenvalue weighted by Gasteiger charge is -2.24. The second-order valence-electron chi connectivity index (χ2n) is 7.21. The number of terminal acetylenes is 1. The Bertz CT molecular complexity index is 729. The van der Waals surface area contributed by atoms with Crippen LogP contribution in [0.2, 0.25) is 0 Å². The van der Waals surface area contributed by atoms with E-state index in [1.165, 1.54) is 0 Å². The van der Waals surface area contributed by atoms with Crippen LogP contribution in [0.25, 0.3) is 0 Å². The van der Waals surface area contributed by atoms with E-state index >= 15 is 0 Å². The van der Waals surface area contributed by atoms with Gasteiger partial charge >= 0.3 is 0 Å². The van der Waals surface area contributed by atoms with Crippen LogP contribution in [0.5, 0.6) is 0 Å². The fraction of sp³-hybridized carbons (Fsp3) is 0.500. The molecule has 1 aromatic rings. The fourth-order valence-corrected chi connectivity index (χ4v) is 3.85. The third-order valence-corrected chi connectivity index (χ3v) is 6.15. The van der Waals surface area contributed by atoms with Gasteiger partial charge in [0.25, 0.3) is 0 Å². The SMILES string of the molecule is C#CCc1c(F)c(F)c(CC2(C(=O)[O-])C(C)(C)C2(C)C)c(F)c1F. The summed E-state index contributed by atoms with van der Waals surface area (Å²) in [5.41, 5.74) is -5.21. The molecule has 2 rings (SSSR count). The minimum absolute atomic E-state index is 0.617. The van der Waals surface area contributed by atoms with Crippen LogP contribution < -0.4 is 5.11 Å². The number of carboxylic acids is 1. The molecule has 1 aliphatic carbocycles. The molecule has 130 valence electrons. The van der Waals surface area contributed by atoms with Crippen LogP contribution in [0.3, 0.4) is 0 Å². The van der Waals surface area contributed by atoms with Crippen molar-refractivity contribution < 1.29 is 27.5 Å². The van der Waals surface area contributed by atoms with E-state index in [1.54, 1.807) is 27.7 Å². The van der Waals surface area contributed by atoms with E-state index in [0.29, 0.717) is 0 Å². The highest BCUT2D eigenvalue weighted by Gasteiger charge is 2.77. The number of rotatable bonds is 4. The summed E-state index contributed by atoms with van der Waals surface area (Å²) in [4.78, 5) is 11.7. The molecule has 1 saturated carbocycles. The Hall–Kier alpha value is -2.03. The first-order chi connectivity index (χ1) is 10.9. The van der Waals surface area contributed by atoms with Gasteiger partial charge < -0.3 is 9.90 Å². The number of carbonyl (C=O) groups is 1. The number of hydrogen-bond donors (Lipinski definition) is 0. The predicted molar refractivity (Wildman–Crippen MR) is 77.5 cm³/mol. The number of benzene rings is 1. The normalized spacial score (nSPS) is 19.6. The molecule has 0 aliphatic heterocycles. The van der Waals surface area contributed by atoms with Crippen molar-refractivity contribution in [3.8, 4) is 12.3 Å². The van der Waals surface area contributed by atoms with Crippen LogP contribution in [0, 0.1) is 51.9 Å². The summed E-state index contributed by atoms with van der Waals surface area (Å²) >= 11 is 0. The number of carbonyl (C=O) groups excluding carboxylic acids is 1. The molecular formula is C18H17F4O2-. The summed E-state index contributed by atoms with van der Waals surface area (Å²) < 4.78 is 56.6. The smallest absolute Gasteiger partial charge is 0.166 e. The second-order valence-corrected chi connectivity index (χ2v) is 7.21. The lowest BCUT2D eigenvalue weighted by Crippen LogP contribution is -2.39. The quantitative estimate of drug-likeness (QED) is 0.480. The van der Waals surface area contributed by atoms with Gasteiger partial charge in [0.15, 0.2) is 23.3 Å². The molecule has 1 aromatic carbocycles. The van der Waals surface area contributed by atoms with Gasteiger partial charge in [0, 0.05) is 28.9 Å². The van der Waals surface area contributed by atoms with Crippen LogP contribution >= 0.6 is 0 Å². The van der Waals surface area contributed by atoms with Crippen molar-refractivity contribution in [2.45, 2.75) is 40.5 Å². The van der Waals surface area contributed by atoms with Gasteiger partial charge in [0.2, 0.25) is 0 Å². The van der Waals surface area contributed by atoms with Crippen molar-refractivity contribution in [2.24, 2.45) is 16.2 Å². The summed E-state index contributed by atoms with van der Waals surface area (Å²) in [5, 5.41) is 11.7. The van der Waals surface area contributed by atoms with Crippen LogP contribution in [0.1, 0.15) is 38.8 Å². The Balaban J connectivity index is 2.64. The number of aliphatic carboxylic acids is 1. The highest BCUT2D eigenvalue weighted by atomic mass is 19.2. The van der Waals surface area contributed by atoms with Crippen LogP contribution in [0.15, 0.2) is 0 Å². The summed E-state index contributed by atoms with van der Waals surface area (Å²) in [5.74, 6) is -5.99. The van der Waals surface area contributed by atoms with Crippen molar-refractivity contribution in [1.29, 1.82) is 0 Å². The van der Waals surface area contributed by atoms with Crippen molar-refractivity contribution in [3.05, 3.63) is 34.4 Å². The maximum Gasteiger partial charge on any atom is 0.166 e. The average Bonchev–Trinajstić information content (AvgIpc) is 2.84. The highest BCUT2D eigenvalue weighted by molar-refractivity contribution is 5.81. The Kier molecular flexibility index (Phi) is 3.99. The largest absolute Gasteiger partial charge is 0.549 e. The van der Waals surface area contributed by atoms with Gasteiger partial charge in [0.1, 0.15) is 0 Å². The molecule has 2 nitrogen and oxygen atoms in total. The topological polar surface area (TPSA) is 40.1 Å². The molecule has 6 heteroatoms. The number of hydrogen-bond acceptors (Lipinski definition) is 2. The molecule has 24 heavy (non-hydrogen) atoms. The van der Waals surface area contributed by atoms with Gasteiger partial charge in [-0.25, -0.2) is 17.6 Å². The van der Waals surface area contributed by atoms with E-state index in [2.05, 4.69) is 0 Å².